The number of rotatable bonds is 2. The monoisotopic (exact) mass is 149 g/mol. The number of hydrogen-bond donors (Lipinski definition) is 1. The van der Waals surface area contributed by atoms with Gasteiger partial charge in [-0.1, -0.05) is 17.7 Å². The van der Waals surface area contributed by atoms with E-state index in [0.717, 1.165) is 12.1 Å². The maximum atomic E-state index is 10.1. The third-order valence-corrected chi connectivity index (χ3v) is 1.51. The molecule has 58 valence electrons. The second kappa shape index (κ2) is 3.76. The largest absolute Gasteiger partial charge is 0.329 e. The Morgan fingerprint density at radius 2 is 2.36 bits per heavy atom. The summed E-state index contributed by atoms with van der Waals surface area (Å²) in [5, 5.41) is 2.59. The molecule has 0 atom stereocenters. The molecule has 1 aliphatic carbocycles. The molecule has 0 aliphatic heterocycles. The van der Waals surface area contributed by atoms with Crippen molar-refractivity contribution in [3.05, 3.63) is 35.6 Å². The normalized spacial score (nSPS) is 16.5. The van der Waals surface area contributed by atoms with E-state index in [9.17, 15) is 4.79 Å². The lowest BCUT2D eigenvalue weighted by Gasteiger charge is -1.93. The zero-order chi connectivity index (χ0) is 8.10. The lowest BCUT2D eigenvalue weighted by atomic mass is 10.2. The highest BCUT2D eigenvalue weighted by molar-refractivity contribution is 5.52. The first kappa shape index (κ1) is 7.79. The zero-order valence-electron chi connectivity index (χ0n) is 6.50. The summed E-state index contributed by atoms with van der Waals surface area (Å²) in [5.74, 6) is 0. The number of hydrogen-bond acceptors (Lipinski definition) is 1. The quantitative estimate of drug-likeness (QED) is 0.592. The Bertz CT molecular complexity index is 236. The number of carbonyl (C=O) groups excluding carboxylic acids is 1. The number of nitrogens with one attached hydrogen (secondary N) is 1. The first-order valence-electron chi connectivity index (χ1n) is 3.57. The first-order valence-corrected chi connectivity index (χ1v) is 3.57. The van der Waals surface area contributed by atoms with Gasteiger partial charge in [0.1, 0.15) is 0 Å². The van der Waals surface area contributed by atoms with Gasteiger partial charge >= 0.3 is 0 Å². The minimum atomic E-state index is 0.685. The summed E-state index contributed by atoms with van der Waals surface area (Å²) in [6, 6.07) is 0. The van der Waals surface area contributed by atoms with Gasteiger partial charge in [-0.05, 0) is 25.5 Å². The number of amides is 1. The molecule has 2 nitrogen and oxygen atoms in total. The van der Waals surface area contributed by atoms with Gasteiger partial charge in [0, 0.05) is 5.70 Å². The van der Waals surface area contributed by atoms with E-state index < -0.39 is 0 Å². The molecule has 0 spiro atoms. The van der Waals surface area contributed by atoms with E-state index in [1.807, 2.05) is 24.3 Å². The van der Waals surface area contributed by atoms with Crippen molar-refractivity contribution in [1.29, 1.82) is 0 Å². The molecular formula is C9H11NO. The lowest BCUT2D eigenvalue weighted by Crippen LogP contribution is -2.07. The van der Waals surface area contributed by atoms with Gasteiger partial charge in [-0.2, -0.15) is 0 Å². The van der Waals surface area contributed by atoms with Crippen LogP contribution < -0.4 is 5.32 Å². The molecule has 1 rings (SSSR count). The van der Waals surface area contributed by atoms with Crippen LogP contribution in [0.15, 0.2) is 35.6 Å². The highest BCUT2D eigenvalue weighted by Gasteiger charge is 1.92. The maximum Gasteiger partial charge on any atom is 0.211 e. The third kappa shape index (κ3) is 2.42. The van der Waals surface area contributed by atoms with Crippen molar-refractivity contribution >= 4 is 6.41 Å². The summed E-state index contributed by atoms with van der Waals surface area (Å²) >= 11 is 0. The Morgan fingerprint density at radius 3 is 3.09 bits per heavy atom. The Balaban J connectivity index is 2.72. The van der Waals surface area contributed by atoms with E-state index in [1.54, 1.807) is 0 Å². The summed E-state index contributed by atoms with van der Waals surface area (Å²) in [7, 11) is 0. The Labute approximate surface area is 66.3 Å². The lowest BCUT2D eigenvalue weighted by molar-refractivity contribution is -0.108. The number of carbonyl (C=O) groups is 1. The molecule has 0 saturated carbocycles. The summed E-state index contributed by atoms with van der Waals surface area (Å²) in [6.07, 6.45) is 9.48. The molecule has 0 aromatic carbocycles. The van der Waals surface area contributed by atoms with Crippen LogP contribution in [0.2, 0.25) is 0 Å². The summed E-state index contributed by atoms with van der Waals surface area (Å²) in [6.45, 7) is 2.06. The van der Waals surface area contributed by atoms with Crippen molar-refractivity contribution in [3.63, 3.8) is 0 Å². The zero-order valence-corrected chi connectivity index (χ0v) is 6.50. The standard InChI is InChI=1S/C9H11NO/c1-8-3-2-4-9(6-5-8)10-7-11/h2,4-7H,3H2,1H3,(H,10,11). The first-order chi connectivity index (χ1) is 5.33. The van der Waals surface area contributed by atoms with Crippen LogP contribution in [0.25, 0.3) is 0 Å². The molecule has 0 aromatic rings. The summed E-state index contributed by atoms with van der Waals surface area (Å²) in [4.78, 5) is 10.1. The fourth-order valence-electron chi connectivity index (χ4n) is 0.892. The second-order valence-corrected chi connectivity index (χ2v) is 2.50. The van der Waals surface area contributed by atoms with E-state index >= 15 is 0 Å². The summed E-state index contributed by atoms with van der Waals surface area (Å²) in [5.41, 5.74) is 2.14. The smallest absolute Gasteiger partial charge is 0.211 e. The minimum Gasteiger partial charge on any atom is -0.329 e. The van der Waals surface area contributed by atoms with Crippen LogP contribution in [0.5, 0.6) is 0 Å². The molecule has 0 unspecified atom stereocenters. The predicted octanol–water partition coefficient (Wildman–Crippen LogP) is 1.52. The third-order valence-electron chi connectivity index (χ3n) is 1.51. The van der Waals surface area contributed by atoms with Crippen molar-refractivity contribution in [1.82, 2.24) is 5.32 Å². The molecule has 1 amide bonds. The van der Waals surface area contributed by atoms with E-state index in [-0.39, 0.29) is 0 Å². The van der Waals surface area contributed by atoms with Gasteiger partial charge in [-0.25, -0.2) is 0 Å². The van der Waals surface area contributed by atoms with Crippen LogP contribution in [0.3, 0.4) is 0 Å². The van der Waals surface area contributed by atoms with Gasteiger partial charge in [-0.3, -0.25) is 4.79 Å². The topological polar surface area (TPSA) is 29.1 Å². The van der Waals surface area contributed by atoms with Crippen LogP contribution in [0.1, 0.15) is 13.3 Å². The second-order valence-electron chi connectivity index (χ2n) is 2.50. The molecule has 0 fully saturated rings. The summed E-state index contributed by atoms with van der Waals surface area (Å²) < 4.78 is 0. The average Bonchev–Trinajstić information content (AvgIpc) is 2.17. The Kier molecular flexibility index (Phi) is 2.66. The van der Waals surface area contributed by atoms with E-state index in [1.165, 1.54) is 5.57 Å². The van der Waals surface area contributed by atoms with Gasteiger partial charge < -0.3 is 5.32 Å². The molecule has 2 heteroatoms. The Morgan fingerprint density at radius 1 is 1.55 bits per heavy atom. The molecule has 0 saturated heterocycles. The molecule has 1 aliphatic rings. The van der Waals surface area contributed by atoms with Gasteiger partial charge in [0.25, 0.3) is 0 Å². The highest BCUT2D eigenvalue weighted by Crippen LogP contribution is 2.07. The molecular weight excluding hydrogens is 138 g/mol. The fraction of sp³-hybridized carbons (Fsp3) is 0.222. The van der Waals surface area contributed by atoms with Crippen molar-refractivity contribution in [3.8, 4) is 0 Å². The number of allylic oxidation sites excluding steroid dienone is 5. The molecule has 0 bridgehead atoms. The van der Waals surface area contributed by atoms with Crippen molar-refractivity contribution in [2.75, 3.05) is 0 Å². The fourth-order valence-corrected chi connectivity index (χ4v) is 0.892. The van der Waals surface area contributed by atoms with E-state index in [4.69, 9.17) is 0 Å². The predicted molar refractivity (Wildman–Crippen MR) is 44.8 cm³/mol. The van der Waals surface area contributed by atoms with Crippen LogP contribution >= 0.6 is 0 Å². The van der Waals surface area contributed by atoms with E-state index in [0.29, 0.717) is 6.41 Å². The minimum absolute atomic E-state index is 0.685. The van der Waals surface area contributed by atoms with Gasteiger partial charge in [0.2, 0.25) is 6.41 Å². The van der Waals surface area contributed by atoms with Crippen LogP contribution in [0.4, 0.5) is 0 Å². The highest BCUT2D eigenvalue weighted by atomic mass is 16.1. The van der Waals surface area contributed by atoms with Gasteiger partial charge in [0.15, 0.2) is 0 Å². The van der Waals surface area contributed by atoms with Crippen molar-refractivity contribution in [2.45, 2.75) is 13.3 Å². The SMILES string of the molecule is CC1=CC=C(NC=O)C=CC1. The van der Waals surface area contributed by atoms with E-state index in [2.05, 4.69) is 12.2 Å². The van der Waals surface area contributed by atoms with Crippen molar-refractivity contribution in [2.24, 2.45) is 0 Å². The van der Waals surface area contributed by atoms with Gasteiger partial charge in [-0.15, -0.1) is 0 Å². The molecule has 11 heavy (non-hydrogen) atoms. The van der Waals surface area contributed by atoms with Gasteiger partial charge in [0.05, 0.1) is 0 Å². The molecule has 0 aromatic heterocycles. The van der Waals surface area contributed by atoms with Crippen LogP contribution in [-0.2, 0) is 4.79 Å². The maximum absolute atomic E-state index is 10.1. The molecule has 0 heterocycles. The van der Waals surface area contributed by atoms with Crippen LogP contribution in [-0.4, -0.2) is 6.41 Å². The van der Waals surface area contributed by atoms with Crippen molar-refractivity contribution < 1.29 is 4.79 Å². The molecule has 0 radical (unpaired) electrons. The average molecular weight is 149 g/mol. The Hall–Kier alpha value is -1.31. The van der Waals surface area contributed by atoms with Crippen LogP contribution in [0, 0.1) is 0 Å². The molecule has 1 N–H and O–H groups in total.